The lowest BCUT2D eigenvalue weighted by atomic mass is 9.92. The quantitative estimate of drug-likeness (QED) is 0.862. The van der Waals surface area contributed by atoms with Gasteiger partial charge in [0.15, 0.2) is 6.61 Å². The van der Waals surface area contributed by atoms with Gasteiger partial charge < -0.3 is 19.2 Å². The molecule has 1 aromatic heterocycles. The zero-order valence-corrected chi connectivity index (χ0v) is 14.5. The highest BCUT2D eigenvalue weighted by molar-refractivity contribution is 5.87. The summed E-state index contributed by atoms with van der Waals surface area (Å²) in [5.41, 5.74) is 1.18. The van der Waals surface area contributed by atoms with Gasteiger partial charge in [-0.2, -0.15) is 0 Å². The van der Waals surface area contributed by atoms with Crippen molar-refractivity contribution in [3.05, 3.63) is 30.0 Å². The Bertz CT molecular complexity index is 771. The number of furan rings is 1. The summed E-state index contributed by atoms with van der Waals surface area (Å²) in [6.07, 6.45) is 2.62. The molecule has 25 heavy (non-hydrogen) atoms. The van der Waals surface area contributed by atoms with Crippen LogP contribution in [-0.2, 0) is 20.7 Å². The molecule has 0 spiro atoms. The fourth-order valence-corrected chi connectivity index (χ4v) is 3.52. The highest BCUT2D eigenvalue weighted by atomic mass is 16.5. The number of phenolic OH excluding ortho intramolecular Hbond substituents is 1. The summed E-state index contributed by atoms with van der Waals surface area (Å²) < 4.78 is 10.5. The van der Waals surface area contributed by atoms with E-state index >= 15 is 0 Å². The van der Waals surface area contributed by atoms with Gasteiger partial charge in [0.25, 0.3) is 5.91 Å². The summed E-state index contributed by atoms with van der Waals surface area (Å²) in [6, 6.07) is 4.72. The molecule has 2 heterocycles. The summed E-state index contributed by atoms with van der Waals surface area (Å²) in [4.78, 5) is 26.1. The Morgan fingerprint density at radius 1 is 1.28 bits per heavy atom. The Hall–Kier alpha value is -2.50. The lowest BCUT2D eigenvalue weighted by Gasteiger charge is -2.34. The third-order valence-electron chi connectivity index (χ3n) is 4.55. The number of hydrogen-bond donors (Lipinski definition) is 1. The van der Waals surface area contributed by atoms with Gasteiger partial charge in [0.05, 0.1) is 12.7 Å². The van der Waals surface area contributed by atoms with Gasteiger partial charge in [-0.25, -0.2) is 0 Å². The predicted octanol–water partition coefficient (Wildman–Crippen LogP) is 2.73. The first-order chi connectivity index (χ1) is 11.9. The number of benzene rings is 1. The first kappa shape index (κ1) is 17.3. The number of carbonyl (C=O) groups is 2. The molecule has 2 atom stereocenters. The van der Waals surface area contributed by atoms with Gasteiger partial charge in [0, 0.05) is 30.1 Å². The normalized spacial score (nSPS) is 20.6. The zero-order chi connectivity index (χ0) is 18.0. The number of piperidine rings is 1. The SMILES string of the molecule is C[C@@H]1C[C@H](C)CN(C(=O)COC(=O)Cc2coc3cc(O)ccc23)C1. The summed E-state index contributed by atoms with van der Waals surface area (Å²) in [5, 5.41) is 10.2. The Kier molecular flexibility index (Phi) is 4.97. The van der Waals surface area contributed by atoms with Crippen LogP contribution in [0.5, 0.6) is 5.75 Å². The Labute approximate surface area is 146 Å². The maximum Gasteiger partial charge on any atom is 0.310 e. The Morgan fingerprint density at radius 2 is 2.00 bits per heavy atom. The van der Waals surface area contributed by atoms with Gasteiger partial charge in [-0.3, -0.25) is 9.59 Å². The molecule has 0 saturated carbocycles. The molecule has 2 aromatic rings. The fraction of sp³-hybridized carbons (Fsp3) is 0.474. The van der Waals surface area contributed by atoms with Gasteiger partial charge >= 0.3 is 5.97 Å². The number of carbonyl (C=O) groups excluding carboxylic acids is 2. The van der Waals surface area contributed by atoms with Crippen molar-refractivity contribution < 1.29 is 23.8 Å². The van der Waals surface area contributed by atoms with Crippen LogP contribution in [0.2, 0.25) is 0 Å². The fourth-order valence-electron chi connectivity index (χ4n) is 3.52. The highest BCUT2D eigenvalue weighted by Crippen LogP contribution is 2.25. The van der Waals surface area contributed by atoms with Crippen LogP contribution < -0.4 is 0 Å². The van der Waals surface area contributed by atoms with Crippen LogP contribution in [0.4, 0.5) is 0 Å². The van der Waals surface area contributed by atoms with Crippen molar-refractivity contribution in [2.24, 2.45) is 11.8 Å². The maximum atomic E-state index is 12.2. The number of phenols is 1. The molecule has 134 valence electrons. The first-order valence-electron chi connectivity index (χ1n) is 8.55. The average molecular weight is 345 g/mol. The summed E-state index contributed by atoms with van der Waals surface area (Å²) in [7, 11) is 0. The molecule has 1 amide bonds. The molecule has 0 radical (unpaired) electrons. The molecule has 1 aromatic carbocycles. The number of fused-ring (bicyclic) bond motifs is 1. The minimum atomic E-state index is -0.470. The molecule has 3 rings (SSSR count). The summed E-state index contributed by atoms with van der Waals surface area (Å²) in [6.45, 7) is 5.47. The number of nitrogens with zero attached hydrogens (tertiary/aromatic N) is 1. The standard InChI is InChI=1S/C19H23NO5/c1-12-5-13(2)9-20(8-12)18(22)11-25-19(23)6-14-10-24-17-7-15(21)3-4-16(14)17/h3-4,7,10,12-13,21H,5-6,8-9,11H2,1-2H3/t12-,13+. The Morgan fingerprint density at radius 3 is 2.72 bits per heavy atom. The van der Waals surface area contributed by atoms with E-state index in [-0.39, 0.29) is 24.7 Å². The average Bonchev–Trinajstić information content (AvgIpc) is 2.93. The summed E-state index contributed by atoms with van der Waals surface area (Å²) in [5.74, 6) is 0.428. The van der Waals surface area contributed by atoms with Crippen LogP contribution in [0.1, 0.15) is 25.8 Å². The van der Waals surface area contributed by atoms with E-state index in [1.807, 2.05) is 0 Å². The molecular weight excluding hydrogens is 322 g/mol. The van der Waals surface area contributed by atoms with E-state index in [1.54, 1.807) is 11.0 Å². The minimum Gasteiger partial charge on any atom is -0.508 e. The van der Waals surface area contributed by atoms with Gasteiger partial charge in [0.1, 0.15) is 11.3 Å². The molecule has 0 bridgehead atoms. The van der Waals surface area contributed by atoms with Gasteiger partial charge in [0.2, 0.25) is 0 Å². The van der Waals surface area contributed by atoms with Crippen LogP contribution in [0.25, 0.3) is 11.0 Å². The van der Waals surface area contributed by atoms with E-state index < -0.39 is 5.97 Å². The van der Waals surface area contributed by atoms with Crippen LogP contribution >= 0.6 is 0 Å². The molecule has 6 nitrogen and oxygen atoms in total. The van der Waals surface area contributed by atoms with Crippen molar-refractivity contribution in [3.8, 4) is 5.75 Å². The molecule has 1 fully saturated rings. The minimum absolute atomic E-state index is 0.0257. The van der Waals surface area contributed by atoms with Crippen molar-refractivity contribution >= 4 is 22.8 Å². The van der Waals surface area contributed by atoms with Gasteiger partial charge in [-0.1, -0.05) is 13.8 Å². The molecular formula is C19H23NO5. The second kappa shape index (κ2) is 7.17. The Balaban J connectivity index is 1.54. The third-order valence-corrected chi connectivity index (χ3v) is 4.55. The van der Waals surface area contributed by atoms with Crippen molar-refractivity contribution in [2.45, 2.75) is 26.7 Å². The predicted molar refractivity (Wildman–Crippen MR) is 92.1 cm³/mol. The second-order valence-electron chi connectivity index (χ2n) is 7.02. The monoisotopic (exact) mass is 345 g/mol. The van der Waals surface area contributed by atoms with Gasteiger partial charge in [-0.15, -0.1) is 0 Å². The third kappa shape index (κ3) is 4.13. The number of hydrogen-bond acceptors (Lipinski definition) is 5. The molecule has 1 saturated heterocycles. The van der Waals surface area contributed by atoms with Crippen molar-refractivity contribution in [2.75, 3.05) is 19.7 Å². The van der Waals surface area contributed by atoms with Crippen LogP contribution in [-0.4, -0.2) is 41.6 Å². The maximum absolute atomic E-state index is 12.2. The molecule has 0 aliphatic carbocycles. The largest absolute Gasteiger partial charge is 0.508 e. The number of likely N-dealkylation sites (tertiary alicyclic amines) is 1. The number of rotatable bonds is 4. The van der Waals surface area contributed by atoms with E-state index in [4.69, 9.17) is 9.15 Å². The summed E-state index contributed by atoms with van der Waals surface area (Å²) >= 11 is 0. The number of ether oxygens (including phenoxy) is 1. The van der Waals surface area contributed by atoms with Crippen LogP contribution in [0, 0.1) is 11.8 Å². The molecule has 0 unspecified atom stereocenters. The highest BCUT2D eigenvalue weighted by Gasteiger charge is 2.26. The number of esters is 1. The molecule has 1 aliphatic rings. The van der Waals surface area contributed by atoms with Crippen molar-refractivity contribution in [1.82, 2.24) is 4.90 Å². The van der Waals surface area contributed by atoms with E-state index in [9.17, 15) is 14.7 Å². The van der Waals surface area contributed by atoms with E-state index in [0.717, 1.165) is 24.9 Å². The van der Waals surface area contributed by atoms with Crippen molar-refractivity contribution in [3.63, 3.8) is 0 Å². The van der Waals surface area contributed by atoms with Crippen molar-refractivity contribution in [1.29, 1.82) is 0 Å². The number of aromatic hydroxyl groups is 1. The lowest BCUT2D eigenvalue weighted by molar-refractivity contribution is -0.152. The number of amides is 1. The second-order valence-corrected chi connectivity index (χ2v) is 7.02. The molecule has 1 aliphatic heterocycles. The van der Waals surface area contributed by atoms with E-state index in [0.29, 0.717) is 23.0 Å². The topological polar surface area (TPSA) is 80.0 Å². The molecule has 1 N–H and O–H groups in total. The zero-order valence-electron chi connectivity index (χ0n) is 14.5. The lowest BCUT2D eigenvalue weighted by Crippen LogP contribution is -2.44. The molecule has 6 heteroatoms. The van der Waals surface area contributed by atoms with Crippen LogP contribution in [0.15, 0.2) is 28.9 Å². The smallest absolute Gasteiger partial charge is 0.310 e. The van der Waals surface area contributed by atoms with Crippen LogP contribution in [0.3, 0.4) is 0 Å². The van der Waals surface area contributed by atoms with E-state index in [2.05, 4.69) is 13.8 Å². The van der Waals surface area contributed by atoms with Gasteiger partial charge in [-0.05, 0) is 30.4 Å². The first-order valence-corrected chi connectivity index (χ1v) is 8.55. The van der Waals surface area contributed by atoms with E-state index in [1.165, 1.54) is 18.4 Å².